The van der Waals surface area contributed by atoms with Crippen LogP contribution in [0.2, 0.25) is 0 Å². The molecule has 0 radical (unpaired) electrons. The molecule has 3 rings (SSSR count). The van der Waals surface area contributed by atoms with E-state index in [-0.39, 0.29) is 18.2 Å². The third-order valence-electron chi connectivity index (χ3n) is 3.53. The van der Waals surface area contributed by atoms with Crippen molar-refractivity contribution in [1.29, 1.82) is 0 Å². The summed E-state index contributed by atoms with van der Waals surface area (Å²) in [6.07, 6.45) is 3.58. The Morgan fingerprint density at radius 3 is 2.50 bits per heavy atom. The SMILES string of the molecule is O=C1C[C@H](NCc2ccncc2)C(=O)N1c1ccc(Br)cc1. The number of benzene rings is 1. The molecule has 22 heavy (non-hydrogen) atoms. The zero-order valence-electron chi connectivity index (χ0n) is 11.7. The van der Waals surface area contributed by atoms with Crippen LogP contribution in [-0.4, -0.2) is 22.8 Å². The molecule has 2 aromatic rings. The molecular weight excluding hydrogens is 346 g/mol. The van der Waals surface area contributed by atoms with E-state index >= 15 is 0 Å². The van der Waals surface area contributed by atoms with Crippen LogP contribution in [0.25, 0.3) is 0 Å². The Balaban J connectivity index is 1.70. The third-order valence-corrected chi connectivity index (χ3v) is 4.06. The van der Waals surface area contributed by atoms with Gasteiger partial charge in [0.25, 0.3) is 5.91 Å². The third kappa shape index (κ3) is 3.08. The predicted octanol–water partition coefficient (Wildman–Crippen LogP) is 2.27. The number of amides is 2. The van der Waals surface area contributed by atoms with Gasteiger partial charge in [-0.15, -0.1) is 0 Å². The predicted molar refractivity (Wildman–Crippen MR) is 86.1 cm³/mol. The minimum absolute atomic E-state index is 0.181. The second-order valence-electron chi connectivity index (χ2n) is 5.04. The van der Waals surface area contributed by atoms with Gasteiger partial charge < -0.3 is 5.32 Å². The standard InChI is InChI=1S/C16H14BrN3O2/c17-12-1-3-13(4-2-12)20-15(21)9-14(16(20)22)19-10-11-5-7-18-8-6-11/h1-8,14,19H,9-10H2/t14-/m0/s1. The maximum absolute atomic E-state index is 12.4. The largest absolute Gasteiger partial charge is 0.301 e. The van der Waals surface area contributed by atoms with Gasteiger partial charge in [-0.05, 0) is 42.0 Å². The Labute approximate surface area is 136 Å². The average molecular weight is 360 g/mol. The number of aromatic nitrogens is 1. The van der Waals surface area contributed by atoms with E-state index in [1.807, 2.05) is 24.3 Å². The van der Waals surface area contributed by atoms with E-state index in [1.165, 1.54) is 4.90 Å². The van der Waals surface area contributed by atoms with Gasteiger partial charge >= 0.3 is 0 Å². The molecule has 0 bridgehead atoms. The van der Waals surface area contributed by atoms with Gasteiger partial charge in [-0.25, -0.2) is 4.90 Å². The number of nitrogens with one attached hydrogen (secondary N) is 1. The summed E-state index contributed by atoms with van der Waals surface area (Å²) >= 11 is 3.34. The molecule has 1 aliphatic heterocycles. The summed E-state index contributed by atoms with van der Waals surface area (Å²) in [6.45, 7) is 0.528. The number of nitrogens with zero attached hydrogens (tertiary/aromatic N) is 2. The molecule has 112 valence electrons. The molecule has 2 heterocycles. The minimum atomic E-state index is -0.482. The van der Waals surface area contributed by atoms with Crippen LogP contribution in [0.3, 0.4) is 0 Å². The van der Waals surface area contributed by atoms with Crippen LogP contribution in [0.1, 0.15) is 12.0 Å². The number of pyridine rings is 1. The van der Waals surface area contributed by atoms with E-state index in [2.05, 4.69) is 26.2 Å². The van der Waals surface area contributed by atoms with E-state index in [0.29, 0.717) is 12.2 Å². The molecule has 1 fully saturated rings. The van der Waals surface area contributed by atoms with Gasteiger partial charge in [0.05, 0.1) is 18.2 Å². The minimum Gasteiger partial charge on any atom is -0.301 e. The zero-order valence-corrected chi connectivity index (χ0v) is 13.3. The number of hydrogen-bond acceptors (Lipinski definition) is 4. The maximum Gasteiger partial charge on any atom is 0.251 e. The lowest BCUT2D eigenvalue weighted by molar-refractivity contribution is -0.121. The lowest BCUT2D eigenvalue weighted by atomic mass is 10.2. The van der Waals surface area contributed by atoms with Crippen molar-refractivity contribution in [2.45, 2.75) is 19.0 Å². The molecule has 1 atom stereocenters. The van der Waals surface area contributed by atoms with Gasteiger partial charge in [0.2, 0.25) is 5.91 Å². The lowest BCUT2D eigenvalue weighted by Gasteiger charge is -2.15. The van der Waals surface area contributed by atoms with Crippen molar-refractivity contribution in [1.82, 2.24) is 10.3 Å². The molecule has 1 aromatic heterocycles. The summed E-state index contributed by atoms with van der Waals surface area (Å²) < 4.78 is 0.905. The van der Waals surface area contributed by atoms with Crippen LogP contribution < -0.4 is 10.2 Å². The fourth-order valence-corrected chi connectivity index (χ4v) is 2.66. The normalized spacial score (nSPS) is 18.0. The number of carbonyl (C=O) groups is 2. The second-order valence-corrected chi connectivity index (χ2v) is 5.95. The summed E-state index contributed by atoms with van der Waals surface area (Å²) in [6, 6.07) is 10.4. The monoisotopic (exact) mass is 359 g/mol. The van der Waals surface area contributed by atoms with Crippen LogP contribution in [0.15, 0.2) is 53.3 Å². The average Bonchev–Trinajstić information content (AvgIpc) is 2.82. The Bertz CT molecular complexity index is 688. The summed E-state index contributed by atoms with van der Waals surface area (Å²) in [5, 5.41) is 3.14. The van der Waals surface area contributed by atoms with Crippen molar-refractivity contribution >= 4 is 33.4 Å². The smallest absolute Gasteiger partial charge is 0.251 e. The van der Waals surface area contributed by atoms with Crippen LogP contribution in [0, 0.1) is 0 Å². The number of imide groups is 1. The Kier molecular flexibility index (Phi) is 4.31. The quantitative estimate of drug-likeness (QED) is 0.850. The van der Waals surface area contributed by atoms with Crippen molar-refractivity contribution in [3.05, 3.63) is 58.8 Å². The van der Waals surface area contributed by atoms with E-state index in [0.717, 1.165) is 10.0 Å². The molecule has 6 heteroatoms. The molecule has 1 N–H and O–H groups in total. The first kappa shape index (κ1) is 14.9. The van der Waals surface area contributed by atoms with Gasteiger partial charge in [-0.3, -0.25) is 14.6 Å². The number of carbonyl (C=O) groups excluding carboxylic acids is 2. The molecule has 0 saturated carbocycles. The summed E-state index contributed by atoms with van der Waals surface area (Å²) in [7, 11) is 0. The van der Waals surface area contributed by atoms with E-state index in [4.69, 9.17) is 0 Å². The molecule has 1 aromatic carbocycles. The van der Waals surface area contributed by atoms with Crippen molar-refractivity contribution in [3.63, 3.8) is 0 Å². The van der Waals surface area contributed by atoms with Crippen molar-refractivity contribution in [3.8, 4) is 0 Å². The van der Waals surface area contributed by atoms with Crippen LogP contribution in [0.5, 0.6) is 0 Å². The molecular formula is C16H14BrN3O2. The highest BCUT2D eigenvalue weighted by Gasteiger charge is 2.39. The van der Waals surface area contributed by atoms with E-state index < -0.39 is 6.04 Å². The fourth-order valence-electron chi connectivity index (χ4n) is 2.39. The molecule has 1 aliphatic rings. The van der Waals surface area contributed by atoms with Gasteiger partial charge in [0.1, 0.15) is 0 Å². The highest BCUT2D eigenvalue weighted by Crippen LogP contribution is 2.24. The first-order valence-corrected chi connectivity index (χ1v) is 7.69. The Morgan fingerprint density at radius 2 is 1.82 bits per heavy atom. The summed E-state index contributed by atoms with van der Waals surface area (Å²) in [5.41, 5.74) is 1.63. The summed E-state index contributed by atoms with van der Waals surface area (Å²) in [5.74, 6) is -0.388. The molecule has 0 spiro atoms. The van der Waals surface area contributed by atoms with Gasteiger partial charge in [-0.2, -0.15) is 0 Å². The maximum atomic E-state index is 12.4. The van der Waals surface area contributed by atoms with Crippen molar-refractivity contribution < 1.29 is 9.59 Å². The number of rotatable bonds is 4. The first-order valence-electron chi connectivity index (χ1n) is 6.90. The van der Waals surface area contributed by atoms with Crippen molar-refractivity contribution in [2.75, 3.05) is 4.90 Å². The first-order chi connectivity index (χ1) is 10.6. The van der Waals surface area contributed by atoms with Crippen LogP contribution in [-0.2, 0) is 16.1 Å². The Morgan fingerprint density at radius 1 is 1.14 bits per heavy atom. The van der Waals surface area contributed by atoms with E-state index in [9.17, 15) is 9.59 Å². The lowest BCUT2D eigenvalue weighted by Crippen LogP contribution is -2.38. The van der Waals surface area contributed by atoms with Crippen molar-refractivity contribution in [2.24, 2.45) is 0 Å². The van der Waals surface area contributed by atoms with Gasteiger partial charge in [0.15, 0.2) is 0 Å². The molecule has 2 amide bonds. The number of halogens is 1. The molecule has 0 aliphatic carbocycles. The molecule has 5 nitrogen and oxygen atoms in total. The van der Waals surface area contributed by atoms with Gasteiger partial charge in [0, 0.05) is 23.4 Å². The van der Waals surface area contributed by atoms with Crippen LogP contribution >= 0.6 is 15.9 Å². The summed E-state index contributed by atoms with van der Waals surface area (Å²) in [4.78, 5) is 29.8. The zero-order chi connectivity index (χ0) is 15.5. The second kappa shape index (κ2) is 6.37. The molecule has 0 unspecified atom stereocenters. The van der Waals surface area contributed by atoms with Crippen LogP contribution in [0.4, 0.5) is 5.69 Å². The molecule has 1 saturated heterocycles. The van der Waals surface area contributed by atoms with Gasteiger partial charge in [-0.1, -0.05) is 15.9 Å². The fraction of sp³-hybridized carbons (Fsp3) is 0.188. The van der Waals surface area contributed by atoms with E-state index in [1.54, 1.807) is 24.5 Å². The number of hydrogen-bond donors (Lipinski definition) is 1. The number of anilines is 1. The Hall–Kier alpha value is -2.05. The highest BCUT2D eigenvalue weighted by atomic mass is 79.9. The topological polar surface area (TPSA) is 62.3 Å². The highest BCUT2D eigenvalue weighted by molar-refractivity contribution is 9.10.